The van der Waals surface area contributed by atoms with Crippen LogP contribution in [0.25, 0.3) is 11.4 Å². The number of hydrogen-bond donors (Lipinski definition) is 2. The lowest BCUT2D eigenvalue weighted by molar-refractivity contribution is -0.137. The zero-order valence-electron chi connectivity index (χ0n) is 11.0. The van der Waals surface area contributed by atoms with Crippen LogP contribution >= 0.6 is 0 Å². The minimum absolute atomic E-state index is 0.0489. The summed E-state index contributed by atoms with van der Waals surface area (Å²) in [6.07, 6.45) is 3.44. The van der Waals surface area contributed by atoms with Crippen LogP contribution < -0.4 is 5.32 Å². The number of rotatable bonds is 5. The second-order valence-corrected chi connectivity index (χ2v) is 4.35. The molecule has 2 aromatic rings. The molecule has 1 aromatic carbocycles. The van der Waals surface area contributed by atoms with Crippen LogP contribution in [0.2, 0.25) is 0 Å². The molecule has 6 nitrogen and oxygen atoms in total. The van der Waals surface area contributed by atoms with Gasteiger partial charge in [0, 0.05) is 37.1 Å². The smallest absolute Gasteiger partial charge is 0.305 e. The minimum Gasteiger partial charge on any atom is -0.481 e. The lowest BCUT2D eigenvalue weighted by Gasteiger charge is -2.07. The number of anilines is 1. The highest BCUT2D eigenvalue weighted by atomic mass is 16.4. The number of nitrogens with zero attached hydrogens (tertiary/aromatic N) is 2. The summed E-state index contributed by atoms with van der Waals surface area (Å²) in [5.41, 5.74) is 1.58. The summed E-state index contributed by atoms with van der Waals surface area (Å²) < 4.78 is 1.79. The highest BCUT2D eigenvalue weighted by Crippen LogP contribution is 2.20. The van der Waals surface area contributed by atoms with Gasteiger partial charge in [0.25, 0.3) is 0 Å². The molecule has 0 radical (unpaired) electrons. The maximum Gasteiger partial charge on any atom is 0.305 e. The van der Waals surface area contributed by atoms with E-state index in [0.29, 0.717) is 18.1 Å². The normalized spacial score (nSPS) is 10.2. The number of aromatic nitrogens is 2. The van der Waals surface area contributed by atoms with Gasteiger partial charge in [0.1, 0.15) is 5.82 Å². The van der Waals surface area contributed by atoms with Gasteiger partial charge in [-0.2, -0.15) is 0 Å². The van der Waals surface area contributed by atoms with Crippen LogP contribution in [0.15, 0.2) is 36.7 Å². The second kappa shape index (κ2) is 6.01. The van der Waals surface area contributed by atoms with Gasteiger partial charge in [-0.05, 0) is 24.3 Å². The van der Waals surface area contributed by atoms with E-state index in [0.717, 1.165) is 5.56 Å². The molecule has 0 saturated heterocycles. The SMILES string of the molecule is CC(=O)Nc1ccc(-c2nccn2CCC(=O)O)cc1. The largest absolute Gasteiger partial charge is 0.481 e. The van der Waals surface area contributed by atoms with Gasteiger partial charge >= 0.3 is 5.97 Å². The molecular weight excluding hydrogens is 258 g/mol. The van der Waals surface area contributed by atoms with Crippen molar-refractivity contribution in [2.45, 2.75) is 19.9 Å². The minimum atomic E-state index is -0.842. The van der Waals surface area contributed by atoms with Crippen LogP contribution in [0.5, 0.6) is 0 Å². The molecule has 0 aliphatic rings. The van der Waals surface area contributed by atoms with E-state index in [1.165, 1.54) is 6.92 Å². The lowest BCUT2D eigenvalue weighted by atomic mass is 10.2. The fourth-order valence-corrected chi connectivity index (χ4v) is 1.87. The molecule has 2 rings (SSSR count). The first-order valence-corrected chi connectivity index (χ1v) is 6.17. The Labute approximate surface area is 116 Å². The Hall–Kier alpha value is -2.63. The summed E-state index contributed by atoms with van der Waals surface area (Å²) >= 11 is 0. The molecule has 0 aliphatic heterocycles. The Balaban J connectivity index is 2.17. The molecule has 0 spiro atoms. The number of nitrogens with one attached hydrogen (secondary N) is 1. The lowest BCUT2D eigenvalue weighted by Crippen LogP contribution is -2.06. The topological polar surface area (TPSA) is 84.2 Å². The molecule has 0 atom stereocenters. The van der Waals surface area contributed by atoms with E-state index < -0.39 is 5.97 Å². The molecule has 1 amide bonds. The van der Waals surface area contributed by atoms with Crippen LogP contribution in [0.1, 0.15) is 13.3 Å². The average Bonchev–Trinajstić information content (AvgIpc) is 2.85. The third kappa shape index (κ3) is 3.44. The Kier molecular flexibility index (Phi) is 4.14. The fourth-order valence-electron chi connectivity index (χ4n) is 1.87. The van der Waals surface area contributed by atoms with Crippen molar-refractivity contribution in [2.75, 3.05) is 5.32 Å². The van der Waals surface area contributed by atoms with E-state index in [1.54, 1.807) is 29.1 Å². The molecule has 0 saturated carbocycles. The van der Waals surface area contributed by atoms with E-state index >= 15 is 0 Å². The average molecular weight is 273 g/mol. The maximum absolute atomic E-state index is 10.9. The molecule has 1 aromatic heterocycles. The number of carboxylic acids is 1. The molecule has 0 unspecified atom stereocenters. The van der Waals surface area contributed by atoms with Gasteiger partial charge in [-0.25, -0.2) is 4.98 Å². The van der Waals surface area contributed by atoms with Crippen LogP contribution in [0, 0.1) is 0 Å². The van der Waals surface area contributed by atoms with Crippen LogP contribution in [0.3, 0.4) is 0 Å². The number of carbonyl (C=O) groups excluding carboxylic acids is 1. The Morgan fingerprint density at radius 3 is 2.60 bits per heavy atom. The molecular formula is C14H15N3O3. The predicted molar refractivity (Wildman–Crippen MR) is 74.2 cm³/mol. The molecule has 0 fully saturated rings. The van der Waals surface area contributed by atoms with Gasteiger partial charge in [0.2, 0.25) is 5.91 Å². The van der Waals surface area contributed by atoms with Crippen molar-refractivity contribution >= 4 is 17.6 Å². The Morgan fingerprint density at radius 1 is 1.30 bits per heavy atom. The van der Waals surface area contributed by atoms with E-state index in [9.17, 15) is 9.59 Å². The molecule has 1 heterocycles. The summed E-state index contributed by atoms with van der Waals surface area (Å²) in [6, 6.07) is 7.25. The summed E-state index contributed by atoms with van der Waals surface area (Å²) in [4.78, 5) is 25.8. The molecule has 0 aliphatic carbocycles. The number of hydrogen-bond acceptors (Lipinski definition) is 3. The third-order valence-corrected chi connectivity index (χ3v) is 2.75. The predicted octanol–water partition coefficient (Wildman–Crippen LogP) is 1.98. The quantitative estimate of drug-likeness (QED) is 0.872. The second-order valence-electron chi connectivity index (χ2n) is 4.35. The number of aliphatic carboxylic acids is 1. The standard InChI is InChI=1S/C14H15N3O3/c1-10(18)16-12-4-2-11(3-5-12)14-15-7-9-17(14)8-6-13(19)20/h2-5,7,9H,6,8H2,1H3,(H,16,18)(H,19,20). The molecule has 2 N–H and O–H groups in total. The Morgan fingerprint density at radius 2 is 2.00 bits per heavy atom. The van der Waals surface area contributed by atoms with Crippen molar-refractivity contribution < 1.29 is 14.7 Å². The van der Waals surface area contributed by atoms with E-state index in [4.69, 9.17) is 5.11 Å². The van der Waals surface area contributed by atoms with Crippen molar-refractivity contribution in [3.8, 4) is 11.4 Å². The maximum atomic E-state index is 10.9. The van der Waals surface area contributed by atoms with Gasteiger partial charge in [-0.15, -0.1) is 0 Å². The first-order chi connectivity index (χ1) is 9.56. The molecule has 0 bridgehead atoms. The summed E-state index contributed by atoms with van der Waals surface area (Å²) in [5.74, 6) is -0.257. The Bertz CT molecular complexity index is 617. The van der Waals surface area contributed by atoms with Gasteiger partial charge in [-0.3, -0.25) is 9.59 Å². The third-order valence-electron chi connectivity index (χ3n) is 2.75. The van der Waals surface area contributed by atoms with Crippen molar-refractivity contribution in [2.24, 2.45) is 0 Å². The van der Waals surface area contributed by atoms with Crippen molar-refractivity contribution in [3.05, 3.63) is 36.7 Å². The number of amides is 1. The zero-order valence-corrected chi connectivity index (χ0v) is 11.0. The van der Waals surface area contributed by atoms with Crippen LogP contribution in [-0.4, -0.2) is 26.5 Å². The van der Waals surface area contributed by atoms with Gasteiger partial charge in [-0.1, -0.05) is 0 Å². The van der Waals surface area contributed by atoms with E-state index in [-0.39, 0.29) is 12.3 Å². The summed E-state index contributed by atoms with van der Waals surface area (Å²) in [7, 11) is 0. The highest BCUT2D eigenvalue weighted by molar-refractivity contribution is 5.88. The number of carbonyl (C=O) groups is 2. The van der Waals surface area contributed by atoms with Crippen molar-refractivity contribution in [1.82, 2.24) is 9.55 Å². The monoisotopic (exact) mass is 273 g/mol. The van der Waals surface area contributed by atoms with Crippen LogP contribution in [-0.2, 0) is 16.1 Å². The number of benzene rings is 1. The first kappa shape index (κ1) is 13.8. The summed E-state index contributed by atoms with van der Waals surface area (Å²) in [6.45, 7) is 1.82. The molecule has 104 valence electrons. The van der Waals surface area contributed by atoms with Gasteiger partial charge in [0.05, 0.1) is 6.42 Å². The summed E-state index contributed by atoms with van der Waals surface area (Å²) in [5, 5.41) is 11.4. The highest BCUT2D eigenvalue weighted by Gasteiger charge is 2.07. The van der Waals surface area contributed by atoms with E-state index in [2.05, 4.69) is 10.3 Å². The van der Waals surface area contributed by atoms with E-state index in [1.807, 2.05) is 12.1 Å². The molecule has 20 heavy (non-hydrogen) atoms. The number of aryl methyl sites for hydroxylation is 1. The van der Waals surface area contributed by atoms with Crippen molar-refractivity contribution in [3.63, 3.8) is 0 Å². The van der Waals surface area contributed by atoms with Gasteiger partial charge < -0.3 is 15.0 Å². The van der Waals surface area contributed by atoms with Gasteiger partial charge in [0.15, 0.2) is 0 Å². The van der Waals surface area contributed by atoms with Crippen molar-refractivity contribution in [1.29, 1.82) is 0 Å². The molecule has 6 heteroatoms. The number of carboxylic acid groups (broad SMARTS) is 1. The first-order valence-electron chi connectivity index (χ1n) is 6.17. The fraction of sp³-hybridized carbons (Fsp3) is 0.214. The number of imidazole rings is 1. The van der Waals surface area contributed by atoms with Crippen LogP contribution in [0.4, 0.5) is 5.69 Å². The zero-order chi connectivity index (χ0) is 14.5.